The highest BCUT2D eigenvalue weighted by atomic mass is 16.7. The molecule has 1 amide bonds. The molecule has 2 rings (SSSR count). The number of aliphatic hydroxyl groups is 8. The van der Waals surface area contributed by atoms with E-state index in [0.29, 0.717) is 0 Å². The number of amides is 1. The molecule has 2 heterocycles. The van der Waals surface area contributed by atoms with Crippen molar-refractivity contribution in [1.82, 2.24) is 5.32 Å². The molecule has 510 valence electrons. The fourth-order valence-electron chi connectivity index (χ4n) is 12.6. The molecule has 0 saturated carbocycles. The standard InChI is InChI=1S/C72H139NO13/c1-3-5-7-9-11-13-15-17-19-21-23-25-27-29-30-32-33-35-37-39-41-43-45-47-49-51-53-55-61(76)60(59-83-71-69(82)67(80)70(63(58-75)85-71)86-72-68(81)66(79)65(78)62(57-74)84-72)73-64(77)56-54-52-50-48-46-44-42-40-38-36-34-31-28-26-24-22-20-18-16-14-12-10-8-6-4-2/h53,55,60-63,65-72,74-76,78-82H,3-52,54,56-59H2,1-2H3,(H,73,77)/b55-53+. The van der Waals surface area contributed by atoms with Crippen LogP contribution in [0, 0.1) is 0 Å². The van der Waals surface area contributed by atoms with Gasteiger partial charge in [-0.25, -0.2) is 0 Å². The first kappa shape index (κ1) is 80.8. The minimum atomic E-state index is -1.79. The lowest BCUT2D eigenvalue weighted by Crippen LogP contribution is -2.65. The van der Waals surface area contributed by atoms with E-state index in [-0.39, 0.29) is 18.9 Å². The van der Waals surface area contributed by atoms with Crippen molar-refractivity contribution in [2.45, 2.75) is 421 Å². The third-order valence-electron chi connectivity index (χ3n) is 18.5. The third-order valence-corrected chi connectivity index (χ3v) is 18.5. The van der Waals surface area contributed by atoms with Crippen molar-refractivity contribution < 1.29 is 64.6 Å². The lowest BCUT2D eigenvalue weighted by molar-refractivity contribution is -0.359. The number of carbonyl (C=O) groups is 1. The lowest BCUT2D eigenvalue weighted by atomic mass is 9.97. The van der Waals surface area contributed by atoms with Gasteiger partial charge in [-0.1, -0.05) is 334 Å². The second kappa shape index (κ2) is 57.6. The summed E-state index contributed by atoms with van der Waals surface area (Å²) in [7, 11) is 0. The van der Waals surface area contributed by atoms with Gasteiger partial charge in [0.2, 0.25) is 5.91 Å². The molecule has 86 heavy (non-hydrogen) atoms. The van der Waals surface area contributed by atoms with Gasteiger partial charge in [-0.3, -0.25) is 4.79 Å². The summed E-state index contributed by atoms with van der Waals surface area (Å²) < 4.78 is 22.9. The van der Waals surface area contributed by atoms with Gasteiger partial charge in [0, 0.05) is 6.42 Å². The van der Waals surface area contributed by atoms with E-state index in [9.17, 15) is 45.6 Å². The van der Waals surface area contributed by atoms with Crippen LogP contribution in [0.4, 0.5) is 0 Å². The fourth-order valence-corrected chi connectivity index (χ4v) is 12.6. The van der Waals surface area contributed by atoms with Gasteiger partial charge < -0.3 is 65.1 Å². The van der Waals surface area contributed by atoms with E-state index < -0.39 is 86.8 Å². The van der Waals surface area contributed by atoms with Crippen LogP contribution in [0.5, 0.6) is 0 Å². The van der Waals surface area contributed by atoms with Crippen LogP contribution in [-0.4, -0.2) is 140 Å². The van der Waals surface area contributed by atoms with Gasteiger partial charge in [0.15, 0.2) is 12.6 Å². The Morgan fingerprint density at radius 1 is 0.407 bits per heavy atom. The maximum atomic E-state index is 13.3. The molecule has 0 spiro atoms. The van der Waals surface area contributed by atoms with E-state index in [2.05, 4.69) is 19.2 Å². The molecule has 14 nitrogen and oxygen atoms in total. The molecule has 12 unspecified atom stereocenters. The van der Waals surface area contributed by atoms with Gasteiger partial charge in [-0.2, -0.15) is 0 Å². The second-order valence-electron chi connectivity index (χ2n) is 26.4. The Labute approximate surface area is 526 Å². The van der Waals surface area contributed by atoms with Crippen LogP contribution < -0.4 is 5.32 Å². The van der Waals surface area contributed by atoms with E-state index in [4.69, 9.17) is 18.9 Å². The molecule has 12 atom stereocenters. The van der Waals surface area contributed by atoms with Crippen molar-refractivity contribution in [1.29, 1.82) is 0 Å². The Kier molecular flexibility index (Phi) is 54.1. The number of aliphatic hydroxyl groups excluding tert-OH is 8. The van der Waals surface area contributed by atoms with E-state index in [1.54, 1.807) is 6.08 Å². The van der Waals surface area contributed by atoms with E-state index in [0.717, 1.165) is 44.9 Å². The second-order valence-corrected chi connectivity index (χ2v) is 26.4. The van der Waals surface area contributed by atoms with Crippen LogP contribution in [0.2, 0.25) is 0 Å². The van der Waals surface area contributed by atoms with Crippen LogP contribution in [0.1, 0.15) is 348 Å². The Morgan fingerprint density at radius 3 is 1.07 bits per heavy atom. The summed E-state index contributed by atoms with van der Waals surface area (Å²) in [4.78, 5) is 13.3. The lowest BCUT2D eigenvalue weighted by Gasteiger charge is -2.46. The number of carbonyl (C=O) groups excluding carboxylic acids is 1. The van der Waals surface area contributed by atoms with Crippen molar-refractivity contribution in [3.8, 4) is 0 Å². The Bertz CT molecular complexity index is 1490. The summed E-state index contributed by atoms with van der Waals surface area (Å²) in [6.45, 7) is 2.87. The predicted molar refractivity (Wildman–Crippen MR) is 351 cm³/mol. The van der Waals surface area contributed by atoms with Crippen LogP contribution in [0.3, 0.4) is 0 Å². The zero-order chi connectivity index (χ0) is 62.3. The van der Waals surface area contributed by atoms with Crippen LogP contribution in [0.15, 0.2) is 12.2 Å². The molecule has 0 aromatic rings. The van der Waals surface area contributed by atoms with Crippen molar-refractivity contribution in [2.24, 2.45) is 0 Å². The molecule has 9 N–H and O–H groups in total. The summed E-state index contributed by atoms with van der Waals surface area (Å²) in [5.74, 6) is -0.230. The maximum Gasteiger partial charge on any atom is 0.220 e. The number of rotatable bonds is 62. The number of nitrogens with one attached hydrogen (secondary N) is 1. The van der Waals surface area contributed by atoms with Crippen molar-refractivity contribution >= 4 is 5.91 Å². The van der Waals surface area contributed by atoms with Crippen molar-refractivity contribution in [3.05, 3.63) is 12.2 Å². The smallest absolute Gasteiger partial charge is 0.220 e. The van der Waals surface area contributed by atoms with Crippen molar-refractivity contribution in [3.63, 3.8) is 0 Å². The number of ether oxygens (including phenoxy) is 4. The minimum absolute atomic E-state index is 0.230. The number of allylic oxidation sites excluding steroid dienone is 1. The van der Waals surface area contributed by atoms with Gasteiger partial charge in [0.25, 0.3) is 0 Å². The summed E-state index contributed by atoms with van der Waals surface area (Å²) in [6.07, 6.45) is 54.2. The van der Waals surface area contributed by atoms with Gasteiger partial charge in [-0.05, 0) is 19.3 Å². The molecular formula is C72H139NO13. The number of unbranched alkanes of at least 4 members (excludes halogenated alkanes) is 49. The average Bonchev–Trinajstić information content (AvgIpc) is 2.66. The predicted octanol–water partition coefficient (Wildman–Crippen LogP) is 15.4. The van der Waals surface area contributed by atoms with Gasteiger partial charge in [0.1, 0.15) is 48.8 Å². The van der Waals surface area contributed by atoms with E-state index in [1.165, 1.54) is 283 Å². The Morgan fingerprint density at radius 2 is 0.721 bits per heavy atom. The summed E-state index contributed by atoms with van der Waals surface area (Å²) in [5, 5.41) is 87.5. The molecule has 0 radical (unpaired) electrons. The number of hydrogen-bond donors (Lipinski definition) is 9. The Hall–Kier alpha value is -1.27. The highest BCUT2D eigenvalue weighted by Crippen LogP contribution is 2.30. The Balaban J connectivity index is 1.66. The van der Waals surface area contributed by atoms with Gasteiger partial charge in [-0.15, -0.1) is 0 Å². The molecule has 0 aromatic heterocycles. The minimum Gasteiger partial charge on any atom is -0.394 e. The average molecular weight is 1230 g/mol. The fraction of sp³-hybridized carbons (Fsp3) is 0.958. The maximum absolute atomic E-state index is 13.3. The summed E-state index contributed by atoms with van der Waals surface area (Å²) in [5.41, 5.74) is 0. The molecule has 0 aromatic carbocycles. The number of hydrogen-bond acceptors (Lipinski definition) is 13. The van der Waals surface area contributed by atoms with E-state index in [1.807, 2.05) is 6.08 Å². The normalized spacial score (nSPS) is 23.4. The molecule has 2 saturated heterocycles. The summed E-state index contributed by atoms with van der Waals surface area (Å²) in [6, 6.07) is -0.911. The topological polar surface area (TPSA) is 228 Å². The van der Waals surface area contributed by atoms with Gasteiger partial charge in [0.05, 0.1) is 32.0 Å². The third kappa shape index (κ3) is 41.3. The molecular weight excluding hydrogens is 1090 g/mol. The molecule has 2 aliphatic rings. The SMILES string of the molecule is CCCCCCCCCCCCCCCCCCCCCCCCCCC/C=C/C(O)C(COC1OC(CO)C(OC2OC(CO)C(O)C(O)C2O)C(O)C1O)NC(=O)CCCCCCCCCCCCCCCCCCCCCCCCCCC. The monoisotopic (exact) mass is 1230 g/mol. The molecule has 14 heteroatoms. The first-order valence-corrected chi connectivity index (χ1v) is 36.9. The first-order valence-electron chi connectivity index (χ1n) is 36.9. The largest absolute Gasteiger partial charge is 0.394 e. The molecule has 2 aliphatic heterocycles. The first-order chi connectivity index (χ1) is 42.1. The van der Waals surface area contributed by atoms with Crippen LogP contribution in [-0.2, 0) is 23.7 Å². The highest BCUT2D eigenvalue weighted by molar-refractivity contribution is 5.76. The van der Waals surface area contributed by atoms with Crippen molar-refractivity contribution in [2.75, 3.05) is 19.8 Å². The van der Waals surface area contributed by atoms with Crippen LogP contribution in [0.25, 0.3) is 0 Å². The quantitative estimate of drug-likeness (QED) is 0.0204. The molecule has 0 aliphatic carbocycles. The molecule has 0 bridgehead atoms. The highest BCUT2D eigenvalue weighted by Gasteiger charge is 2.51. The summed E-state index contributed by atoms with van der Waals surface area (Å²) >= 11 is 0. The molecule has 2 fully saturated rings. The zero-order valence-electron chi connectivity index (χ0n) is 55.6. The zero-order valence-corrected chi connectivity index (χ0v) is 55.6. The van der Waals surface area contributed by atoms with Crippen LogP contribution >= 0.6 is 0 Å². The van der Waals surface area contributed by atoms with Gasteiger partial charge >= 0.3 is 0 Å². The van der Waals surface area contributed by atoms with E-state index >= 15 is 0 Å².